The van der Waals surface area contributed by atoms with Crippen molar-refractivity contribution in [3.05, 3.63) is 53.5 Å². The van der Waals surface area contributed by atoms with E-state index < -0.39 is 5.97 Å². The van der Waals surface area contributed by atoms with Crippen LogP contribution in [-0.4, -0.2) is 18.5 Å². The number of benzene rings is 1. The minimum absolute atomic E-state index is 0.331. The van der Waals surface area contributed by atoms with Crippen LogP contribution >= 0.6 is 0 Å². The maximum Gasteiger partial charge on any atom is 0.342 e. The van der Waals surface area contributed by atoms with E-state index in [-0.39, 0.29) is 12.5 Å². The number of furan rings is 1. The van der Waals surface area contributed by atoms with Crippen LogP contribution in [0, 0.1) is 6.92 Å². The molecule has 1 N–H and O–H groups in total. The molecular weight excluding hydrogens is 294 g/mol. The van der Waals surface area contributed by atoms with Gasteiger partial charge in [-0.25, -0.2) is 4.79 Å². The molecule has 0 saturated carbocycles. The first-order valence-corrected chi connectivity index (χ1v) is 7.63. The van der Waals surface area contributed by atoms with Crippen LogP contribution in [0.4, 0.5) is 5.69 Å². The lowest BCUT2D eigenvalue weighted by molar-refractivity contribution is -0.119. The highest BCUT2D eigenvalue weighted by Crippen LogP contribution is 2.26. The first-order chi connectivity index (χ1) is 11.0. The zero-order valence-corrected chi connectivity index (χ0v) is 13.6. The Morgan fingerprint density at radius 1 is 1.26 bits per heavy atom. The van der Waals surface area contributed by atoms with Crippen molar-refractivity contribution in [2.75, 3.05) is 11.9 Å². The Kier molecular flexibility index (Phi) is 5.57. The van der Waals surface area contributed by atoms with E-state index in [1.807, 2.05) is 24.3 Å². The number of amides is 1. The van der Waals surface area contributed by atoms with Gasteiger partial charge in [0, 0.05) is 5.69 Å². The average Bonchev–Trinajstić information content (AvgIpc) is 2.98. The van der Waals surface area contributed by atoms with Gasteiger partial charge in [0.05, 0.1) is 6.26 Å². The summed E-state index contributed by atoms with van der Waals surface area (Å²) < 4.78 is 10.1. The predicted octanol–water partition coefficient (Wildman–Crippen LogP) is 3.90. The number of anilines is 1. The summed E-state index contributed by atoms with van der Waals surface area (Å²) in [7, 11) is 0. The van der Waals surface area contributed by atoms with Crippen LogP contribution in [0.1, 0.15) is 47.9 Å². The van der Waals surface area contributed by atoms with Crippen LogP contribution in [0.25, 0.3) is 0 Å². The number of rotatable bonds is 6. The lowest BCUT2D eigenvalue weighted by Gasteiger charge is -2.15. The number of carbonyl (C=O) groups is 2. The second-order valence-electron chi connectivity index (χ2n) is 5.41. The summed E-state index contributed by atoms with van der Waals surface area (Å²) in [5.41, 5.74) is 2.15. The molecule has 0 unspecified atom stereocenters. The molecule has 1 aromatic carbocycles. The standard InChI is InChI=1S/C18H21NO4/c1-4-12(2)14-7-5-6-8-16(14)19-17(20)11-23-18(21)15-9-10-22-13(15)3/h5-10,12H,4,11H2,1-3H3,(H,19,20)/t12-/m1/s1. The Balaban J connectivity index is 1.95. The molecule has 1 heterocycles. The fraction of sp³-hybridized carbons (Fsp3) is 0.333. The zero-order valence-electron chi connectivity index (χ0n) is 13.6. The Morgan fingerprint density at radius 2 is 2.00 bits per heavy atom. The van der Waals surface area contributed by atoms with E-state index in [4.69, 9.17) is 9.15 Å². The molecule has 0 bridgehead atoms. The molecule has 23 heavy (non-hydrogen) atoms. The molecule has 0 aliphatic heterocycles. The van der Waals surface area contributed by atoms with Crippen LogP contribution in [0.3, 0.4) is 0 Å². The van der Waals surface area contributed by atoms with E-state index in [1.54, 1.807) is 6.92 Å². The molecule has 5 nitrogen and oxygen atoms in total. The van der Waals surface area contributed by atoms with E-state index in [0.717, 1.165) is 17.7 Å². The molecule has 2 rings (SSSR count). The second-order valence-corrected chi connectivity index (χ2v) is 5.41. The highest BCUT2D eigenvalue weighted by atomic mass is 16.5. The van der Waals surface area contributed by atoms with Gasteiger partial charge in [0.15, 0.2) is 6.61 Å². The molecule has 122 valence electrons. The molecule has 0 spiro atoms. The fourth-order valence-corrected chi connectivity index (χ4v) is 2.25. The van der Waals surface area contributed by atoms with Crippen LogP contribution in [-0.2, 0) is 9.53 Å². The van der Waals surface area contributed by atoms with Crippen molar-refractivity contribution in [1.29, 1.82) is 0 Å². The molecule has 0 fully saturated rings. The number of hydrogen-bond donors (Lipinski definition) is 1. The Morgan fingerprint density at radius 3 is 2.65 bits per heavy atom. The summed E-state index contributed by atoms with van der Waals surface area (Å²) in [5.74, 6) is -0.128. The predicted molar refractivity (Wildman–Crippen MR) is 87.5 cm³/mol. The molecule has 1 aromatic heterocycles. The van der Waals surface area contributed by atoms with Gasteiger partial charge in [0.25, 0.3) is 5.91 Å². The number of para-hydroxylation sites is 1. The number of ether oxygens (including phenoxy) is 1. The van der Waals surface area contributed by atoms with Crippen LogP contribution in [0.2, 0.25) is 0 Å². The molecule has 2 aromatic rings. The highest BCUT2D eigenvalue weighted by molar-refractivity contribution is 5.96. The third kappa shape index (κ3) is 4.22. The van der Waals surface area contributed by atoms with Gasteiger partial charge in [0.1, 0.15) is 11.3 Å². The summed E-state index contributed by atoms with van der Waals surface area (Å²) in [5, 5.41) is 2.80. The molecular formula is C18H21NO4. The maximum atomic E-state index is 12.0. The van der Waals surface area contributed by atoms with Crippen molar-refractivity contribution < 1.29 is 18.7 Å². The minimum Gasteiger partial charge on any atom is -0.469 e. The number of aryl methyl sites for hydroxylation is 1. The second kappa shape index (κ2) is 7.63. The number of esters is 1. The van der Waals surface area contributed by atoms with Crippen molar-refractivity contribution in [3.63, 3.8) is 0 Å². The lowest BCUT2D eigenvalue weighted by atomic mass is 9.97. The average molecular weight is 315 g/mol. The van der Waals surface area contributed by atoms with Crippen molar-refractivity contribution in [3.8, 4) is 0 Å². The molecule has 0 saturated heterocycles. The summed E-state index contributed by atoms with van der Waals surface area (Å²) in [4.78, 5) is 23.9. The van der Waals surface area contributed by atoms with Gasteiger partial charge in [0.2, 0.25) is 0 Å². The normalized spacial score (nSPS) is 11.8. The van der Waals surface area contributed by atoms with Gasteiger partial charge in [-0.3, -0.25) is 4.79 Å². The van der Waals surface area contributed by atoms with Gasteiger partial charge in [-0.15, -0.1) is 0 Å². The van der Waals surface area contributed by atoms with Gasteiger partial charge >= 0.3 is 5.97 Å². The van der Waals surface area contributed by atoms with E-state index in [0.29, 0.717) is 17.2 Å². The number of nitrogens with one attached hydrogen (secondary N) is 1. The summed E-state index contributed by atoms with van der Waals surface area (Å²) in [6.45, 7) is 5.53. The van der Waals surface area contributed by atoms with E-state index in [1.165, 1.54) is 12.3 Å². The van der Waals surface area contributed by atoms with Crippen molar-refractivity contribution in [2.24, 2.45) is 0 Å². The monoisotopic (exact) mass is 315 g/mol. The SMILES string of the molecule is CC[C@@H](C)c1ccccc1NC(=O)COC(=O)c1ccoc1C. The zero-order chi connectivity index (χ0) is 16.8. The van der Waals surface area contributed by atoms with Crippen molar-refractivity contribution >= 4 is 17.6 Å². The van der Waals surface area contributed by atoms with Crippen molar-refractivity contribution in [2.45, 2.75) is 33.1 Å². The van der Waals surface area contributed by atoms with Gasteiger partial charge in [-0.05, 0) is 37.0 Å². The minimum atomic E-state index is -0.568. The Hall–Kier alpha value is -2.56. The first kappa shape index (κ1) is 16.8. The summed E-state index contributed by atoms with van der Waals surface area (Å²) >= 11 is 0. The lowest BCUT2D eigenvalue weighted by Crippen LogP contribution is -2.21. The van der Waals surface area contributed by atoms with Crippen LogP contribution in [0.15, 0.2) is 41.0 Å². The fourth-order valence-electron chi connectivity index (χ4n) is 2.25. The van der Waals surface area contributed by atoms with Gasteiger partial charge in [-0.2, -0.15) is 0 Å². The first-order valence-electron chi connectivity index (χ1n) is 7.63. The van der Waals surface area contributed by atoms with E-state index >= 15 is 0 Å². The molecule has 1 atom stereocenters. The molecule has 0 aliphatic rings. The van der Waals surface area contributed by atoms with E-state index in [9.17, 15) is 9.59 Å². The largest absolute Gasteiger partial charge is 0.469 e. The third-order valence-corrected chi connectivity index (χ3v) is 3.79. The quantitative estimate of drug-likeness (QED) is 0.821. The molecule has 5 heteroatoms. The van der Waals surface area contributed by atoms with E-state index in [2.05, 4.69) is 19.2 Å². The number of hydrogen-bond acceptors (Lipinski definition) is 4. The van der Waals surface area contributed by atoms with Crippen LogP contribution < -0.4 is 5.32 Å². The highest BCUT2D eigenvalue weighted by Gasteiger charge is 2.16. The maximum absolute atomic E-state index is 12.0. The van der Waals surface area contributed by atoms with Gasteiger partial charge in [-0.1, -0.05) is 32.0 Å². The summed E-state index contributed by atoms with van der Waals surface area (Å²) in [6, 6.07) is 9.17. The topological polar surface area (TPSA) is 68.5 Å². The van der Waals surface area contributed by atoms with Crippen molar-refractivity contribution in [1.82, 2.24) is 0 Å². The number of carbonyl (C=O) groups excluding carboxylic acids is 2. The smallest absolute Gasteiger partial charge is 0.342 e. The molecule has 0 aliphatic carbocycles. The Labute approximate surface area is 135 Å². The third-order valence-electron chi connectivity index (χ3n) is 3.79. The summed E-state index contributed by atoms with van der Waals surface area (Å²) in [6.07, 6.45) is 2.38. The molecule has 0 radical (unpaired) electrons. The molecule has 1 amide bonds. The van der Waals surface area contributed by atoms with Crippen LogP contribution in [0.5, 0.6) is 0 Å². The Bertz CT molecular complexity index is 690. The van der Waals surface area contributed by atoms with Gasteiger partial charge < -0.3 is 14.5 Å².